The fourth-order valence-corrected chi connectivity index (χ4v) is 4.64. The maximum absolute atomic E-state index is 11.9. The van der Waals surface area contributed by atoms with E-state index in [0.29, 0.717) is 10.6 Å². The maximum Gasteiger partial charge on any atom is 0.271 e. The van der Waals surface area contributed by atoms with E-state index in [1.807, 2.05) is 12.3 Å². The molecule has 7 heteroatoms. The van der Waals surface area contributed by atoms with Gasteiger partial charge in [-0.25, -0.2) is 5.43 Å². The van der Waals surface area contributed by atoms with Crippen LogP contribution < -0.4 is 5.43 Å². The Labute approximate surface area is 143 Å². The number of carbonyl (C=O) groups is 1. The van der Waals surface area contributed by atoms with E-state index in [2.05, 4.69) is 33.1 Å². The average molecular weight is 437 g/mol. The molecule has 3 nitrogen and oxygen atoms in total. The minimum absolute atomic E-state index is 0.278. The predicted octanol–water partition coefficient (Wildman–Crippen LogP) is 4.49. The summed E-state index contributed by atoms with van der Waals surface area (Å²) < 4.78 is 2.37. The van der Waals surface area contributed by atoms with Gasteiger partial charge in [-0.3, -0.25) is 4.79 Å². The zero-order valence-corrected chi connectivity index (χ0v) is 14.9. The third-order valence-corrected chi connectivity index (χ3v) is 5.63. The lowest BCUT2D eigenvalue weighted by molar-refractivity contribution is 0.0955. The van der Waals surface area contributed by atoms with Crippen molar-refractivity contribution < 1.29 is 4.79 Å². The van der Waals surface area contributed by atoms with Gasteiger partial charge in [-0.1, -0.05) is 17.7 Å². The van der Waals surface area contributed by atoms with E-state index >= 15 is 0 Å². The number of thiophene rings is 1. The molecule has 1 amide bonds. The lowest BCUT2D eigenvalue weighted by Gasteiger charge is -2.00. The molecule has 20 heavy (non-hydrogen) atoms. The number of carbonyl (C=O) groups excluding carboxylic acids is 1. The van der Waals surface area contributed by atoms with Crippen LogP contribution in [0.25, 0.3) is 0 Å². The van der Waals surface area contributed by atoms with Crippen molar-refractivity contribution >= 4 is 69.4 Å². The number of amides is 1. The van der Waals surface area contributed by atoms with Crippen molar-refractivity contribution in [1.82, 2.24) is 5.43 Å². The monoisotopic (exact) mass is 436 g/mol. The van der Waals surface area contributed by atoms with Gasteiger partial charge >= 0.3 is 0 Å². The number of hydrazone groups is 1. The molecular weight excluding hydrogens is 427 g/mol. The van der Waals surface area contributed by atoms with E-state index in [9.17, 15) is 4.79 Å². The molecule has 0 radical (unpaired) electrons. The van der Waals surface area contributed by atoms with E-state index in [0.717, 1.165) is 5.56 Å². The molecule has 0 aliphatic heterocycles. The van der Waals surface area contributed by atoms with Gasteiger partial charge in [0.2, 0.25) is 0 Å². The van der Waals surface area contributed by atoms with Gasteiger partial charge in [0, 0.05) is 16.1 Å². The van der Waals surface area contributed by atoms with Crippen LogP contribution in [0.1, 0.15) is 15.9 Å². The molecule has 104 valence electrons. The molecular formula is C13H10ClIN2OS2. The summed E-state index contributed by atoms with van der Waals surface area (Å²) in [6.07, 6.45) is 3.68. The Morgan fingerprint density at radius 1 is 1.50 bits per heavy atom. The molecule has 1 heterocycles. The van der Waals surface area contributed by atoms with Crippen molar-refractivity contribution in [2.45, 2.75) is 4.21 Å². The van der Waals surface area contributed by atoms with E-state index in [1.54, 1.807) is 53.6 Å². The van der Waals surface area contributed by atoms with Crippen LogP contribution in [0.2, 0.25) is 5.02 Å². The second-order valence-corrected chi connectivity index (χ2v) is 8.16. The van der Waals surface area contributed by atoms with Gasteiger partial charge in [-0.15, -0.1) is 23.1 Å². The van der Waals surface area contributed by atoms with E-state index in [-0.39, 0.29) is 5.91 Å². The van der Waals surface area contributed by atoms with Crippen LogP contribution in [0.5, 0.6) is 0 Å². The third kappa shape index (κ3) is 4.21. The number of hydrogen-bond acceptors (Lipinski definition) is 4. The second-order valence-electron chi connectivity index (χ2n) is 3.71. The largest absolute Gasteiger partial charge is 0.271 e. The Hall–Kier alpha value is -0.570. The summed E-state index contributed by atoms with van der Waals surface area (Å²) >= 11 is 11.5. The van der Waals surface area contributed by atoms with Crippen LogP contribution in [-0.2, 0) is 0 Å². The Morgan fingerprint density at radius 2 is 2.30 bits per heavy atom. The highest BCUT2D eigenvalue weighted by Crippen LogP contribution is 2.30. The van der Waals surface area contributed by atoms with E-state index in [1.165, 1.54) is 7.09 Å². The van der Waals surface area contributed by atoms with Crippen molar-refractivity contribution in [2.24, 2.45) is 5.10 Å². The van der Waals surface area contributed by atoms with Crippen molar-refractivity contribution in [3.8, 4) is 0 Å². The molecule has 0 saturated carbocycles. The quantitative estimate of drug-likeness (QED) is 0.332. The first kappa shape index (κ1) is 15.8. The fourth-order valence-electron chi connectivity index (χ4n) is 1.46. The van der Waals surface area contributed by atoms with Crippen LogP contribution in [0.4, 0.5) is 0 Å². The molecule has 2 aromatic rings. The van der Waals surface area contributed by atoms with Gasteiger partial charge in [0.25, 0.3) is 5.91 Å². The average Bonchev–Trinajstić information content (AvgIpc) is 2.79. The molecule has 0 fully saturated rings. The zero-order chi connectivity index (χ0) is 14.5. The summed E-state index contributed by atoms with van der Waals surface area (Å²) in [7, 11) is 0. The molecule has 0 saturated heterocycles. The van der Waals surface area contributed by atoms with Crippen molar-refractivity contribution in [3.05, 3.63) is 49.4 Å². The van der Waals surface area contributed by atoms with Gasteiger partial charge in [0.15, 0.2) is 0 Å². The van der Waals surface area contributed by atoms with Gasteiger partial charge in [0.1, 0.15) is 0 Å². The highest BCUT2D eigenvalue weighted by molar-refractivity contribution is 14.1. The Balaban J connectivity index is 2.04. The minimum atomic E-state index is -0.278. The van der Waals surface area contributed by atoms with Crippen LogP contribution in [0.15, 0.2) is 39.6 Å². The molecule has 0 bridgehead atoms. The van der Waals surface area contributed by atoms with Gasteiger partial charge in [-0.2, -0.15) is 5.10 Å². The first-order chi connectivity index (χ1) is 9.60. The number of rotatable bonds is 4. The highest BCUT2D eigenvalue weighted by Gasteiger charge is 2.06. The number of hydrogen-bond donors (Lipinski definition) is 1. The van der Waals surface area contributed by atoms with Crippen LogP contribution >= 0.6 is 57.3 Å². The molecule has 1 aromatic carbocycles. The standard InChI is InChI=1S/C13H10ClIN2OS2/c1-19-13-9(6-11(15)20-13)7-16-17-12(18)8-3-2-4-10(14)5-8/h2-7H,1H3,(H,17,18)/b16-7+. The first-order valence-electron chi connectivity index (χ1n) is 5.52. The minimum Gasteiger partial charge on any atom is -0.267 e. The molecule has 0 unspecified atom stereocenters. The Morgan fingerprint density at radius 3 is 3.00 bits per heavy atom. The number of halogens is 2. The van der Waals surface area contributed by atoms with Crippen molar-refractivity contribution in [2.75, 3.05) is 6.26 Å². The molecule has 0 aliphatic carbocycles. The van der Waals surface area contributed by atoms with Crippen molar-refractivity contribution in [3.63, 3.8) is 0 Å². The second kappa shape index (κ2) is 7.44. The number of benzene rings is 1. The summed E-state index contributed by atoms with van der Waals surface area (Å²) in [5, 5.41) is 4.52. The van der Waals surface area contributed by atoms with Gasteiger partial charge in [0.05, 0.1) is 13.3 Å². The molecule has 2 rings (SSSR count). The Bertz CT molecular complexity index is 658. The lowest BCUT2D eigenvalue weighted by Crippen LogP contribution is -2.17. The summed E-state index contributed by atoms with van der Waals surface area (Å²) in [5.41, 5.74) is 4.00. The molecule has 1 aromatic heterocycles. The van der Waals surface area contributed by atoms with Crippen LogP contribution in [0.3, 0.4) is 0 Å². The SMILES string of the molecule is CSc1sc(I)cc1/C=N/NC(=O)c1cccc(Cl)c1. The number of nitrogens with one attached hydrogen (secondary N) is 1. The summed E-state index contributed by atoms with van der Waals surface area (Å²) in [6.45, 7) is 0. The van der Waals surface area contributed by atoms with E-state index < -0.39 is 0 Å². The summed E-state index contributed by atoms with van der Waals surface area (Å²) in [4.78, 5) is 11.9. The molecule has 0 spiro atoms. The number of thioether (sulfide) groups is 1. The van der Waals surface area contributed by atoms with Crippen LogP contribution in [0, 0.1) is 2.88 Å². The molecule has 1 N–H and O–H groups in total. The number of nitrogens with zero attached hydrogens (tertiary/aromatic N) is 1. The topological polar surface area (TPSA) is 41.5 Å². The zero-order valence-electron chi connectivity index (χ0n) is 10.4. The lowest BCUT2D eigenvalue weighted by atomic mass is 10.2. The predicted molar refractivity (Wildman–Crippen MR) is 95.3 cm³/mol. The van der Waals surface area contributed by atoms with Crippen molar-refractivity contribution in [1.29, 1.82) is 0 Å². The highest BCUT2D eigenvalue weighted by atomic mass is 127. The van der Waals surface area contributed by atoms with Gasteiger partial charge < -0.3 is 0 Å². The fraction of sp³-hybridized carbons (Fsp3) is 0.0769. The van der Waals surface area contributed by atoms with E-state index in [4.69, 9.17) is 11.6 Å². The maximum atomic E-state index is 11.9. The van der Waals surface area contributed by atoms with Crippen LogP contribution in [-0.4, -0.2) is 18.4 Å². The smallest absolute Gasteiger partial charge is 0.267 e. The molecule has 0 aliphatic rings. The Kier molecular flexibility index (Phi) is 5.88. The van der Waals surface area contributed by atoms with Gasteiger partial charge in [-0.05, 0) is 53.1 Å². The first-order valence-corrected chi connectivity index (χ1v) is 9.02. The molecule has 0 atom stereocenters. The summed E-state index contributed by atoms with van der Waals surface area (Å²) in [5.74, 6) is -0.278. The third-order valence-electron chi connectivity index (χ3n) is 2.34. The normalized spacial score (nSPS) is 10.9. The summed E-state index contributed by atoms with van der Waals surface area (Å²) in [6, 6.07) is 8.78.